The second-order valence-electron chi connectivity index (χ2n) is 6.60. The maximum absolute atomic E-state index is 11.6. The van der Waals surface area contributed by atoms with Crippen LogP contribution in [-0.2, 0) is 9.59 Å². The van der Waals surface area contributed by atoms with Gasteiger partial charge in [0.2, 0.25) is 0 Å². The van der Waals surface area contributed by atoms with Crippen LogP contribution in [0.1, 0.15) is 52.4 Å². The van der Waals surface area contributed by atoms with Crippen LogP contribution in [0.2, 0.25) is 0 Å². The van der Waals surface area contributed by atoms with Gasteiger partial charge >= 0.3 is 11.9 Å². The van der Waals surface area contributed by atoms with Crippen molar-refractivity contribution in [2.75, 3.05) is 0 Å². The minimum atomic E-state index is -0.707. The van der Waals surface area contributed by atoms with E-state index in [-0.39, 0.29) is 17.8 Å². The molecule has 0 radical (unpaired) electrons. The van der Waals surface area contributed by atoms with Crippen molar-refractivity contribution in [1.29, 1.82) is 0 Å². The highest BCUT2D eigenvalue weighted by molar-refractivity contribution is 5.71. The van der Waals surface area contributed by atoms with Crippen molar-refractivity contribution in [3.05, 3.63) is 0 Å². The van der Waals surface area contributed by atoms with Gasteiger partial charge < -0.3 is 10.2 Å². The molecule has 4 heteroatoms. The summed E-state index contributed by atoms with van der Waals surface area (Å²) in [5, 5.41) is 18.7. The lowest BCUT2D eigenvalue weighted by atomic mass is 9.55. The zero-order valence-corrected chi connectivity index (χ0v) is 12.4. The standard InChI is InChI=1S/C16H26O4/c1-3-11-12(4-2)14(16(19)20)8-10-7-9(15(17)18)5-6-13(10)11/h9-14H,3-8H2,1-2H3,(H,17,18)(H,19,20). The average Bonchev–Trinajstić information content (AvgIpc) is 2.43. The van der Waals surface area contributed by atoms with Crippen LogP contribution in [0.25, 0.3) is 0 Å². The fourth-order valence-corrected chi connectivity index (χ4v) is 4.94. The van der Waals surface area contributed by atoms with Crippen LogP contribution in [-0.4, -0.2) is 22.2 Å². The van der Waals surface area contributed by atoms with Gasteiger partial charge in [-0.2, -0.15) is 0 Å². The second-order valence-corrected chi connectivity index (χ2v) is 6.60. The Hall–Kier alpha value is -1.06. The molecule has 2 aliphatic carbocycles. The molecular formula is C16H26O4. The van der Waals surface area contributed by atoms with E-state index in [4.69, 9.17) is 0 Å². The average molecular weight is 282 g/mol. The largest absolute Gasteiger partial charge is 0.481 e. The molecule has 0 saturated heterocycles. The molecule has 6 unspecified atom stereocenters. The predicted molar refractivity (Wildman–Crippen MR) is 75.3 cm³/mol. The summed E-state index contributed by atoms with van der Waals surface area (Å²) in [6, 6.07) is 0. The maximum Gasteiger partial charge on any atom is 0.306 e. The minimum Gasteiger partial charge on any atom is -0.481 e. The molecule has 4 nitrogen and oxygen atoms in total. The summed E-state index contributed by atoms with van der Waals surface area (Å²) in [7, 11) is 0. The summed E-state index contributed by atoms with van der Waals surface area (Å²) in [5.74, 6) is -0.392. The zero-order chi connectivity index (χ0) is 14.9. The topological polar surface area (TPSA) is 74.6 Å². The van der Waals surface area contributed by atoms with E-state index < -0.39 is 11.9 Å². The Labute approximate surface area is 120 Å². The first-order valence-electron chi connectivity index (χ1n) is 7.95. The van der Waals surface area contributed by atoms with Crippen molar-refractivity contribution in [3.8, 4) is 0 Å². The third-order valence-electron chi connectivity index (χ3n) is 5.82. The number of fused-ring (bicyclic) bond motifs is 1. The maximum atomic E-state index is 11.6. The molecule has 0 aromatic rings. The molecule has 0 aromatic carbocycles. The lowest BCUT2D eigenvalue weighted by Crippen LogP contribution is -2.45. The van der Waals surface area contributed by atoms with Gasteiger partial charge in [0.1, 0.15) is 0 Å². The van der Waals surface area contributed by atoms with Crippen LogP contribution in [0, 0.1) is 35.5 Å². The molecule has 114 valence electrons. The van der Waals surface area contributed by atoms with E-state index in [2.05, 4.69) is 13.8 Å². The van der Waals surface area contributed by atoms with Crippen LogP contribution in [0.3, 0.4) is 0 Å². The minimum absolute atomic E-state index is 0.263. The molecule has 0 bridgehead atoms. The SMILES string of the molecule is CCC1C(C(=O)O)CC2CC(C(=O)O)CCC2C1CC. The van der Waals surface area contributed by atoms with Crippen molar-refractivity contribution in [2.24, 2.45) is 35.5 Å². The van der Waals surface area contributed by atoms with Crippen LogP contribution in [0.15, 0.2) is 0 Å². The second kappa shape index (κ2) is 6.15. The summed E-state index contributed by atoms with van der Waals surface area (Å²) >= 11 is 0. The van der Waals surface area contributed by atoms with Crippen LogP contribution < -0.4 is 0 Å². The highest BCUT2D eigenvalue weighted by Gasteiger charge is 2.48. The van der Waals surface area contributed by atoms with E-state index in [0.29, 0.717) is 30.6 Å². The van der Waals surface area contributed by atoms with E-state index in [1.165, 1.54) is 0 Å². The number of carboxylic acid groups (broad SMARTS) is 2. The van der Waals surface area contributed by atoms with Crippen molar-refractivity contribution in [3.63, 3.8) is 0 Å². The molecule has 0 spiro atoms. The highest BCUT2D eigenvalue weighted by atomic mass is 16.4. The van der Waals surface area contributed by atoms with Crippen molar-refractivity contribution in [1.82, 2.24) is 0 Å². The number of hydrogen-bond acceptors (Lipinski definition) is 2. The highest BCUT2D eigenvalue weighted by Crippen LogP contribution is 2.52. The number of rotatable bonds is 4. The number of carboxylic acids is 2. The smallest absolute Gasteiger partial charge is 0.306 e. The van der Waals surface area contributed by atoms with Gasteiger partial charge in [-0.05, 0) is 49.4 Å². The summed E-state index contributed by atoms with van der Waals surface area (Å²) in [6.07, 6.45) is 5.02. The normalized spacial score (nSPS) is 40.9. The van der Waals surface area contributed by atoms with E-state index in [1.54, 1.807) is 0 Å². The molecule has 2 N–H and O–H groups in total. The molecule has 0 aromatic heterocycles. The van der Waals surface area contributed by atoms with Gasteiger partial charge in [0, 0.05) is 0 Å². The van der Waals surface area contributed by atoms with Crippen LogP contribution in [0.4, 0.5) is 0 Å². The van der Waals surface area contributed by atoms with Gasteiger partial charge in [-0.1, -0.05) is 26.7 Å². The molecule has 0 aliphatic heterocycles. The molecule has 0 amide bonds. The van der Waals surface area contributed by atoms with E-state index >= 15 is 0 Å². The molecule has 0 heterocycles. The van der Waals surface area contributed by atoms with Crippen molar-refractivity contribution >= 4 is 11.9 Å². The number of hydrogen-bond donors (Lipinski definition) is 2. The van der Waals surface area contributed by atoms with Gasteiger partial charge in [-0.25, -0.2) is 0 Å². The predicted octanol–water partition coefficient (Wildman–Crippen LogP) is 3.26. The lowest BCUT2D eigenvalue weighted by Gasteiger charge is -2.49. The Morgan fingerprint density at radius 1 is 0.950 bits per heavy atom. The Morgan fingerprint density at radius 2 is 1.60 bits per heavy atom. The van der Waals surface area contributed by atoms with E-state index in [9.17, 15) is 19.8 Å². The summed E-state index contributed by atoms with van der Waals surface area (Å²) in [5.41, 5.74) is 0. The van der Waals surface area contributed by atoms with Crippen molar-refractivity contribution < 1.29 is 19.8 Å². The van der Waals surface area contributed by atoms with Gasteiger partial charge in [0.15, 0.2) is 0 Å². The molecule has 2 aliphatic rings. The first-order chi connectivity index (χ1) is 9.49. The summed E-state index contributed by atoms with van der Waals surface area (Å²) in [4.78, 5) is 22.8. The summed E-state index contributed by atoms with van der Waals surface area (Å²) < 4.78 is 0. The molecule has 2 fully saturated rings. The third kappa shape index (κ3) is 2.70. The number of carbonyl (C=O) groups is 2. The van der Waals surface area contributed by atoms with Crippen LogP contribution >= 0.6 is 0 Å². The Morgan fingerprint density at radius 3 is 2.10 bits per heavy atom. The van der Waals surface area contributed by atoms with Crippen molar-refractivity contribution in [2.45, 2.75) is 52.4 Å². The van der Waals surface area contributed by atoms with E-state index in [0.717, 1.165) is 25.7 Å². The first-order valence-corrected chi connectivity index (χ1v) is 7.95. The molecule has 20 heavy (non-hydrogen) atoms. The van der Waals surface area contributed by atoms with E-state index in [1.807, 2.05) is 0 Å². The summed E-state index contributed by atoms with van der Waals surface area (Å²) in [6.45, 7) is 4.24. The lowest BCUT2D eigenvalue weighted by molar-refractivity contribution is -0.152. The fraction of sp³-hybridized carbons (Fsp3) is 0.875. The van der Waals surface area contributed by atoms with Gasteiger partial charge in [0.05, 0.1) is 11.8 Å². The van der Waals surface area contributed by atoms with Gasteiger partial charge in [-0.15, -0.1) is 0 Å². The fourth-order valence-electron chi connectivity index (χ4n) is 4.94. The Kier molecular flexibility index (Phi) is 4.71. The monoisotopic (exact) mass is 282 g/mol. The quantitative estimate of drug-likeness (QED) is 0.830. The Bertz CT molecular complexity index is 379. The van der Waals surface area contributed by atoms with Gasteiger partial charge in [0.25, 0.3) is 0 Å². The Balaban J connectivity index is 2.20. The zero-order valence-electron chi connectivity index (χ0n) is 12.4. The third-order valence-corrected chi connectivity index (χ3v) is 5.82. The van der Waals surface area contributed by atoms with Crippen LogP contribution in [0.5, 0.6) is 0 Å². The van der Waals surface area contributed by atoms with Gasteiger partial charge in [-0.3, -0.25) is 9.59 Å². The number of aliphatic carboxylic acids is 2. The molecule has 6 atom stereocenters. The first kappa shape index (κ1) is 15.3. The molecular weight excluding hydrogens is 256 g/mol. The molecule has 2 rings (SSSR count). The molecule has 2 saturated carbocycles.